The van der Waals surface area contributed by atoms with Crippen molar-refractivity contribution in [1.29, 1.82) is 0 Å². The van der Waals surface area contributed by atoms with Gasteiger partial charge in [0.15, 0.2) is 0 Å². The first-order valence-corrected chi connectivity index (χ1v) is 30.9. The number of hydrogen-bond acceptors (Lipinski definition) is 4. The third-order valence-corrected chi connectivity index (χ3v) is 14.2. The maximum atomic E-state index is 6.38. The van der Waals surface area contributed by atoms with E-state index >= 15 is 0 Å². The molecule has 8 aromatic rings. The molecule has 8 rings (SSSR count). The Kier molecular flexibility index (Phi) is 23.4. The number of aliphatic imine (C=N–C) groups is 4. The summed E-state index contributed by atoms with van der Waals surface area (Å²) < 4.78 is 0. The first-order chi connectivity index (χ1) is 36.1. The van der Waals surface area contributed by atoms with Gasteiger partial charge in [-0.25, -0.2) is 0 Å². The summed E-state index contributed by atoms with van der Waals surface area (Å²) in [5.74, 6) is 0.623. The van der Waals surface area contributed by atoms with Crippen LogP contribution >= 0.6 is 74.9 Å². The van der Waals surface area contributed by atoms with Gasteiger partial charge in [0.2, 0.25) is 0 Å². The molecule has 0 aliphatic rings. The molecule has 0 aliphatic heterocycles. The number of nitrogens with zero attached hydrogens (tertiary/aromatic N) is 4. The standard InChI is InChI=1S/2C32H30Cl2N2.2BrH.Ni/c2*1-21(25-11-7-5-8-12-25)29-19-27(33)15-17-31(29)35-23(3)24(4)36-32-18-16-28(34)20-30(32)22(2)26-13-9-6-10-14-26;;;/h2*5-22H,1-4H3;2*1H;/q;;;;+2/p-2. The Hall–Kier alpha value is -4.95. The van der Waals surface area contributed by atoms with E-state index in [1.165, 1.54) is 33.2 Å². The van der Waals surface area contributed by atoms with Gasteiger partial charge in [0.25, 0.3) is 0 Å². The van der Waals surface area contributed by atoms with Crippen LogP contribution in [0.25, 0.3) is 0 Å². The average Bonchev–Trinajstić information content (AvgIpc) is 3.43. The molecule has 0 N–H and O–H groups in total. The molecule has 0 bridgehead atoms. The minimum absolute atomic E-state index is 0.156. The molecule has 8 aromatic carbocycles. The van der Waals surface area contributed by atoms with Gasteiger partial charge in [0.1, 0.15) is 0 Å². The predicted molar refractivity (Wildman–Crippen MR) is 331 cm³/mol. The van der Waals surface area contributed by atoms with E-state index in [0.717, 1.165) is 67.9 Å². The molecule has 0 heterocycles. The van der Waals surface area contributed by atoms with Crippen molar-refractivity contribution in [2.45, 2.75) is 79.1 Å². The molecule has 4 nitrogen and oxygen atoms in total. The van der Waals surface area contributed by atoms with Gasteiger partial charge in [0.05, 0.1) is 45.6 Å². The van der Waals surface area contributed by atoms with Gasteiger partial charge in [0, 0.05) is 43.8 Å². The molecule has 11 heteroatoms. The van der Waals surface area contributed by atoms with Crippen molar-refractivity contribution < 1.29 is 10.9 Å². The van der Waals surface area contributed by atoms with Gasteiger partial charge >= 0.3 is 39.3 Å². The Morgan fingerprint density at radius 3 is 0.667 bits per heavy atom. The summed E-state index contributed by atoms with van der Waals surface area (Å²) in [5.41, 5.74) is 16.3. The molecule has 0 amide bonds. The van der Waals surface area contributed by atoms with Crippen LogP contribution in [0, 0.1) is 0 Å². The Labute approximate surface area is 484 Å². The second kappa shape index (κ2) is 29.5. The fraction of sp³-hybridized carbons (Fsp3) is 0.188. The Morgan fingerprint density at radius 2 is 0.493 bits per heavy atom. The fourth-order valence-corrected chi connectivity index (χ4v) is 9.35. The number of benzene rings is 8. The van der Waals surface area contributed by atoms with Crippen LogP contribution in [0.2, 0.25) is 20.1 Å². The first kappa shape index (κ1) is 59.3. The normalized spacial score (nSPS) is 13.7. The molecule has 4 atom stereocenters. The van der Waals surface area contributed by atoms with E-state index < -0.39 is 0 Å². The van der Waals surface area contributed by atoms with Crippen molar-refractivity contribution in [2.24, 2.45) is 20.0 Å². The fourth-order valence-electron chi connectivity index (χ4n) is 8.63. The minimum atomic E-state index is 0.156. The van der Waals surface area contributed by atoms with E-state index in [9.17, 15) is 0 Å². The van der Waals surface area contributed by atoms with E-state index in [4.69, 9.17) is 66.4 Å². The van der Waals surface area contributed by atoms with Gasteiger partial charge in [-0.2, -0.15) is 0 Å². The van der Waals surface area contributed by atoms with Crippen molar-refractivity contribution in [3.05, 3.63) is 259 Å². The van der Waals surface area contributed by atoms with Crippen LogP contribution in [0.5, 0.6) is 0 Å². The molecule has 75 heavy (non-hydrogen) atoms. The summed E-state index contributed by atoms with van der Waals surface area (Å²) in [4.78, 5) is 20.0. The van der Waals surface area contributed by atoms with Crippen molar-refractivity contribution in [2.75, 3.05) is 0 Å². The van der Waals surface area contributed by atoms with E-state index in [1.807, 2.05) is 125 Å². The van der Waals surface area contributed by atoms with Crippen LogP contribution in [-0.4, -0.2) is 22.8 Å². The summed E-state index contributed by atoms with van der Waals surface area (Å²) >= 11 is 31.5. The van der Waals surface area contributed by atoms with Crippen molar-refractivity contribution in [3.8, 4) is 0 Å². The maximum absolute atomic E-state index is 6.38. The second-order valence-electron chi connectivity index (χ2n) is 18.2. The van der Waals surface area contributed by atoms with Crippen LogP contribution in [0.1, 0.15) is 124 Å². The molecular formula is C64H60Br2Cl4N4Ni. The summed E-state index contributed by atoms with van der Waals surface area (Å²) in [5, 5.41) is 2.82. The number of rotatable bonds is 14. The second-order valence-corrected chi connectivity index (χ2v) is 24.9. The first-order valence-electron chi connectivity index (χ1n) is 24.5. The van der Waals surface area contributed by atoms with Crippen LogP contribution in [-0.2, 0) is 10.9 Å². The third kappa shape index (κ3) is 17.0. The zero-order valence-corrected chi connectivity index (χ0v) is 50.3. The number of hydrogen-bond donors (Lipinski definition) is 0. The molecule has 0 fully saturated rings. The Balaban J connectivity index is 0.000000232. The summed E-state index contributed by atoms with van der Waals surface area (Å²) in [6.45, 7) is 16.7. The summed E-state index contributed by atoms with van der Waals surface area (Å²) in [7, 11) is 1.25. The molecule has 0 aliphatic carbocycles. The van der Waals surface area contributed by atoms with Gasteiger partial charge in [-0.1, -0.05) is 195 Å². The predicted octanol–water partition coefficient (Wildman–Crippen LogP) is 22.1. The van der Waals surface area contributed by atoms with Crippen LogP contribution in [0.4, 0.5) is 22.7 Å². The summed E-state index contributed by atoms with van der Waals surface area (Å²) in [6.07, 6.45) is 0. The van der Waals surface area contributed by atoms with Crippen molar-refractivity contribution in [1.82, 2.24) is 0 Å². The molecule has 0 radical (unpaired) electrons. The molecule has 0 saturated heterocycles. The van der Waals surface area contributed by atoms with E-state index in [-0.39, 0.29) is 23.7 Å². The van der Waals surface area contributed by atoms with E-state index in [1.54, 1.807) is 0 Å². The van der Waals surface area contributed by atoms with Crippen LogP contribution < -0.4 is 0 Å². The molecule has 0 aromatic heterocycles. The van der Waals surface area contributed by atoms with Gasteiger partial charge in [-0.15, -0.1) is 0 Å². The monoisotopic (exact) mass is 1240 g/mol. The molecule has 4 unspecified atom stereocenters. The Bertz CT molecular complexity index is 2820. The van der Waals surface area contributed by atoms with Gasteiger partial charge in [-0.3, -0.25) is 20.0 Å². The van der Waals surface area contributed by atoms with Crippen LogP contribution in [0.15, 0.2) is 214 Å². The topological polar surface area (TPSA) is 49.4 Å². The van der Waals surface area contributed by atoms with Crippen molar-refractivity contribution in [3.63, 3.8) is 0 Å². The molecule has 0 spiro atoms. The number of halogens is 6. The SMILES string of the molecule is CC(=Nc1ccc(Cl)cc1C(C)c1ccccc1)C(C)=Nc1ccc(Cl)cc1C(C)c1ccccc1.CC(=Nc1ccc(Cl)cc1C(C)c1ccccc1)C(C)=Nc1ccc(Cl)cc1C(C)c1ccccc1.[Br][Ni][Br]. The van der Waals surface area contributed by atoms with E-state index in [2.05, 4.69) is 153 Å². The summed E-state index contributed by atoms with van der Waals surface area (Å²) in [6, 6.07) is 65.2. The van der Waals surface area contributed by atoms with Gasteiger partial charge in [-0.05, 0) is 145 Å². The molecule has 388 valence electrons. The van der Waals surface area contributed by atoms with Crippen LogP contribution in [0.3, 0.4) is 0 Å². The zero-order valence-electron chi connectivity index (χ0n) is 43.2. The Morgan fingerprint density at radius 1 is 0.320 bits per heavy atom. The zero-order chi connectivity index (χ0) is 54.0. The third-order valence-electron chi connectivity index (χ3n) is 13.2. The quantitative estimate of drug-likeness (QED) is 0.0770. The van der Waals surface area contributed by atoms with Gasteiger partial charge < -0.3 is 0 Å². The molecule has 0 saturated carbocycles. The van der Waals surface area contributed by atoms with E-state index in [0.29, 0.717) is 20.1 Å². The average molecular weight is 1250 g/mol. The molecular weight excluding hydrogens is 1190 g/mol. The van der Waals surface area contributed by atoms with Crippen molar-refractivity contribution >= 4 is 120 Å².